The van der Waals surface area contributed by atoms with Gasteiger partial charge in [0, 0.05) is 10.2 Å². The van der Waals surface area contributed by atoms with Crippen molar-refractivity contribution in [3.05, 3.63) is 93.6 Å². The molecule has 1 aliphatic rings. The second-order valence-electron chi connectivity index (χ2n) is 6.88. The Bertz CT molecular complexity index is 1260. The number of hydrogen-bond acceptors (Lipinski definition) is 6. The van der Waals surface area contributed by atoms with Gasteiger partial charge in [-0.2, -0.15) is 0 Å². The Balaban J connectivity index is 1.45. The molecule has 0 radical (unpaired) electrons. The first-order chi connectivity index (χ1) is 15.9. The van der Waals surface area contributed by atoms with E-state index in [2.05, 4.69) is 21.2 Å². The molecule has 7 nitrogen and oxygen atoms in total. The number of anilines is 2. The minimum Gasteiger partial charge on any atom is -0.497 e. The molecule has 0 aromatic heterocycles. The highest BCUT2D eigenvalue weighted by molar-refractivity contribution is 9.10. The van der Waals surface area contributed by atoms with E-state index in [-0.39, 0.29) is 10.7 Å². The minimum absolute atomic E-state index is 0.0434. The molecule has 2 amide bonds. The molecule has 1 heterocycles. The number of ether oxygens (including phenoxy) is 2. The van der Waals surface area contributed by atoms with E-state index in [1.54, 1.807) is 67.8 Å². The molecule has 3 aromatic rings. The Kier molecular flexibility index (Phi) is 6.48. The summed E-state index contributed by atoms with van der Waals surface area (Å²) in [5.41, 5.74) is 1.14. The van der Waals surface area contributed by atoms with Crippen LogP contribution in [0.15, 0.2) is 88.0 Å². The van der Waals surface area contributed by atoms with Crippen LogP contribution in [-0.4, -0.2) is 24.9 Å². The number of esters is 1. The molecule has 1 N–H and O–H groups in total. The molecule has 0 saturated heterocycles. The predicted octanol–water partition coefficient (Wildman–Crippen LogP) is 5.11. The van der Waals surface area contributed by atoms with Crippen LogP contribution in [-0.2, 0) is 9.59 Å². The van der Waals surface area contributed by atoms with Crippen LogP contribution in [0.4, 0.5) is 11.4 Å². The van der Waals surface area contributed by atoms with Crippen molar-refractivity contribution >= 4 is 56.7 Å². The van der Waals surface area contributed by atoms with Crippen LogP contribution in [0.5, 0.6) is 11.5 Å². The predicted molar refractivity (Wildman–Crippen MR) is 128 cm³/mol. The molecule has 0 aliphatic carbocycles. The molecule has 1 aliphatic heterocycles. The van der Waals surface area contributed by atoms with E-state index in [1.807, 2.05) is 0 Å². The van der Waals surface area contributed by atoms with E-state index in [1.165, 1.54) is 12.1 Å². The first-order valence-corrected chi connectivity index (χ1v) is 10.8. The molecular weight excluding hydrogens is 512 g/mol. The fourth-order valence-corrected chi connectivity index (χ4v) is 3.56. The summed E-state index contributed by atoms with van der Waals surface area (Å²) in [6.45, 7) is 0. The summed E-state index contributed by atoms with van der Waals surface area (Å²) in [6, 6.07) is 19.6. The van der Waals surface area contributed by atoms with Crippen molar-refractivity contribution in [2.75, 3.05) is 17.3 Å². The van der Waals surface area contributed by atoms with Gasteiger partial charge in [0.05, 0.1) is 18.4 Å². The van der Waals surface area contributed by atoms with Crippen LogP contribution in [0.1, 0.15) is 10.4 Å². The fourth-order valence-electron chi connectivity index (χ4n) is 3.08. The number of hydrogen-bond donors (Lipinski definition) is 1. The van der Waals surface area contributed by atoms with Crippen molar-refractivity contribution in [3.63, 3.8) is 0 Å². The lowest BCUT2D eigenvalue weighted by molar-refractivity contribution is -0.120. The maximum atomic E-state index is 12.8. The molecule has 0 spiro atoms. The van der Waals surface area contributed by atoms with Crippen molar-refractivity contribution < 1.29 is 23.9 Å². The number of nitrogens with zero attached hydrogens (tertiary/aromatic N) is 1. The van der Waals surface area contributed by atoms with Gasteiger partial charge in [0.2, 0.25) is 0 Å². The van der Waals surface area contributed by atoms with Crippen LogP contribution >= 0.6 is 27.5 Å². The zero-order valence-corrected chi connectivity index (χ0v) is 19.5. The van der Waals surface area contributed by atoms with Crippen molar-refractivity contribution in [3.8, 4) is 11.5 Å². The summed E-state index contributed by atoms with van der Waals surface area (Å²) < 4.78 is 11.2. The third-order valence-corrected chi connectivity index (χ3v) is 5.65. The first kappa shape index (κ1) is 22.6. The molecule has 4 rings (SSSR count). The van der Waals surface area contributed by atoms with Gasteiger partial charge in [-0.05, 0) is 72.8 Å². The van der Waals surface area contributed by atoms with E-state index < -0.39 is 17.8 Å². The van der Waals surface area contributed by atoms with Gasteiger partial charge in [-0.15, -0.1) is 0 Å². The first-order valence-electron chi connectivity index (χ1n) is 9.65. The van der Waals surface area contributed by atoms with Crippen molar-refractivity contribution in [1.82, 2.24) is 0 Å². The van der Waals surface area contributed by atoms with Crippen LogP contribution < -0.4 is 19.7 Å². The smallest absolute Gasteiger partial charge is 0.343 e. The Morgan fingerprint density at radius 1 is 0.879 bits per heavy atom. The van der Waals surface area contributed by atoms with E-state index in [9.17, 15) is 14.4 Å². The SMILES string of the molecule is COc1ccc(OC(=O)c2ccc(NC3=C(Cl)C(=O)N(c4ccc(Br)cc4)C3=O)cc2)cc1. The molecule has 0 unspecified atom stereocenters. The number of benzene rings is 3. The molecule has 9 heteroatoms. The average molecular weight is 528 g/mol. The van der Waals surface area contributed by atoms with Gasteiger partial charge in [-0.1, -0.05) is 27.5 Å². The minimum atomic E-state index is -0.619. The topological polar surface area (TPSA) is 84.9 Å². The number of methoxy groups -OCH3 is 1. The highest BCUT2D eigenvalue weighted by Gasteiger charge is 2.38. The second kappa shape index (κ2) is 9.48. The highest BCUT2D eigenvalue weighted by atomic mass is 79.9. The van der Waals surface area contributed by atoms with Crippen LogP contribution in [0.25, 0.3) is 0 Å². The molecule has 0 saturated carbocycles. The Labute approximate surface area is 202 Å². The number of nitrogens with one attached hydrogen (secondary N) is 1. The summed E-state index contributed by atoms with van der Waals surface area (Å²) in [5, 5.41) is 2.65. The van der Waals surface area contributed by atoms with E-state index >= 15 is 0 Å². The molecule has 0 atom stereocenters. The highest BCUT2D eigenvalue weighted by Crippen LogP contribution is 2.31. The monoisotopic (exact) mass is 526 g/mol. The summed E-state index contributed by atoms with van der Waals surface area (Å²) in [5.74, 6) is -0.709. The molecule has 0 fully saturated rings. The zero-order chi connectivity index (χ0) is 23.5. The third kappa shape index (κ3) is 4.76. The van der Waals surface area contributed by atoms with E-state index in [0.717, 1.165) is 9.37 Å². The number of halogens is 2. The lowest BCUT2D eigenvalue weighted by Crippen LogP contribution is -2.32. The summed E-state index contributed by atoms with van der Waals surface area (Å²) >= 11 is 9.47. The van der Waals surface area contributed by atoms with Crippen LogP contribution in [0.2, 0.25) is 0 Å². The summed E-state index contributed by atoms with van der Waals surface area (Å²) in [7, 11) is 1.55. The molecular formula is C24H16BrClN2O5. The third-order valence-electron chi connectivity index (χ3n) is 4.77. The zero-order valence-electron chi connectivity index (χ0n) is 17.2. The van der Waals surface area contributed by atoms with Crippen LogP contribution in [0, 0.1) is 0 Å². The lowest BCUT2D eigenvalue weighted by Gasteiger charge is -2.15. The van der Waals surface area contributed by atoms with E-state index in [4.69, 9.17) is 21.1 Å². The number of imide groups is 1. The lowest BCUT2D eigenvalue weighted by atomic mass is 10.2. The second-order valence-corrected chi connectivity index (χ2v) is 8.17. The van der Waals surface area contributed by atoms with Crippen molar-refractivity contribution in [1.29, 1.82) is 0 Å². The molecule has 166 valence electrons. The number of amides is 2. The standard InChI is InChI=1S/C24H16BrClN2O5/c1-32-18-10-12-19(13-11-18)33-24(31)14-2-6-16(7-3-14)27-21-20(26)22(29)28(23(21)30)17-8-4-15(25)5-9-17/h2-13,27H,1H3. The van der Waals surface area contributed by atoms with Gasteiger partial charge in [0.15, 0.2) is 0 Å². The van der Waals surface area contributed by atoms with Gasteiger partial charge in [-0.3, -0.25) is 9.59 Å². The van der Waals surface area contributed by atoms with Gasteiger partial charge in [0.1, 0.15) is 22.2 Å². The fraction of sp³-hybridized carbons (Fsp3) is 0.0417. The Hall–Kier alpha value is -3.62. The molecule has 0 bridgehead atoms. The Morgan fingerprint density at radius 2 is 1.48 bits per heavy atom. The number of rotatable bonds is 6. The van der Waals surface area contributed by atoms with Gasteiger partial charge < -0.3 is 14.8 Å². The number of carbonyl (C=O) groups is 3. The van der Waals surface area contributed by atoms with Crippen molar-refractivity contribution in [2.24, 2.45) is 0 Å². The normalized spacial score (nSPS) is 13.4. The van der Waals surface area contributed by atoms with Gasteiger partial charge in [-0.25, -0.2) is 9.69 Å². The average Bonchev–Trinajstić information content (AvgIpc) is 3.04. The maximum Gasteiger partial charge on any atom is 0.343 e. The Morgan fingerprint density at radius 3 is 2.09 bits per heavy atom. The maximum absolute atomic E-state index is 12.8. The number of carbonyl (C=O) groups excluding carboxylic acids is 3. The van der Waals surface area contributed by atoms with Crippen LogP contribution in [0.3, 0.4) is 0 Å². The van der Waals surface area contributed by atoms with E-state index in [0.29, 0.717) is 28.4 Å². The van der Waals surface area contributed by atoms with Crippen molar-refractivity contribution in [2.45, 2.75) is 0 Å². The van der Waals surface area contributed by atoms with Gasteiger partial charge in [0.25, 0.3) is 11.8 Å². The molecule has 3 aromatic carbocycles. The quantitative estimate of drug-likeness (QED) is 0.272. The van der Waals surface area contributed by atoms with Gasteiger partial charge >= 0.3 is 5.97 Å². The molecule has 33 heavy (non-hydrogen) atoms. The summed E-state index contributed by atoms with van der Waals surface area (Å²) in [4.78, 5) is 38.8. The summed E-state index contributed by atoms with van der Waals surface area (Å²) in [6.07, 6.45) is 0. The largest absolute Gasteiger partial charge is 0.497 e.